The first kappa shape index (κ1) is 10.6. The maximum atomic E-state index is 5.41. The van der Waals surface area contributed by atoms with Crippen LogP contribution in [-0.4, -0.2) is 42.1 Å². The first-order chi connectivity index (χ1) is 7.45. The van der Waals surface area contributed by atoms with Crippen LogP contribution in [0, 0.1) is 0 Å². The standard InChI is InChI=1S/C10H17N3O2/c1-6-14-9-15-10(1)7-11-2-4-13-5-3-12-8-13/h3,5,8,10-11H,1-2,4,6-7,9H2. The molecular formula is C10H17N3O2. The van der Waals surface area contributed by atoms with Gasteiger partial charge in [-0.1, -0.05) is 0 Å². The summed E-state index contributed by atoms with van der Waals surface area (Å²) >= 11 is 0. The van der Waals surface area contributed by atoms with Crippen LogP contribution in [-0.2, 0) is 16.0 Å². The molecular weight excluding hydrogens is 194 g/mol. The zero-order chi connectivity index (χ0) is 10.3. The summed E-state index contributed by atoms with van der Waals surface area (Å²) in [6.45, 7) is 4.04. The van der Waals surface area contributed by atoms with E-state index in [1.807, 2.05) is 12.5 Å². The van der Waals surface area contributed by atoms with Crippen molar-refractivity contribution in [3.63, 3.8) is 0 Å². The Morgan fingerprint density at radius 2 is 2.53 bits per heavy atom. The van der Waals surface area contributed by atoms with Gasteiger partial charge in [-0.2, -0.15) is 0 Å². The van der Waals surface area contributed by atoms with Crippen LogP contribution in [0.15, 0.2) is 18.7 Å². The zero-order valence-corrected chi connectivity index (χ0v) is 8.76. The van der Waals surface area contributed by atoms with E-state index in [1.54, 1.807) is 6.20 Å². The lowest BCUT2D eigenvalue weighted by molar-refractivity contribution is -0.137. The van der Waals surface area contributed by atoms with E-state index in [9.17, 15) is 0 Å². The van der Waals surface area contributed by atoms with Gasteiger partial charge < -0.3 is 19.4 Å². The van der Waals surface area contributed by atoms with E-state index in [2.05, 4.69) is 14.9 Å². The van der Waals surface area contributed by atoms with Crippen molar-refractivity contribution in [2.75, 3.05) is 26.5 Å². The van der Waals surface area contributed by atoms with Crippen LogP contribution in [0.2, 0.25) is 0 Å². The van der Waals surface area contributed by atoms with E-state index in [0.29, 0.717) is 12.9 Å². The van der Waals surface area contributed by atoms with Gasteiger partial charge in [0, 0.05) is 32.0 Å². The van der Waals surface area contributed by atoms with Crippen LogP contribution in [0.25, 0.3) is 0 Å². The van der Waals surface area contributed by atoms with Crippen molar-refractivity contribution in [1.29, 1.82) is 0 Å². The summed E-state index contributed by atoms with van der Waals surface area (Å²) in [7, 11) is 0. The average Bonchev–Trinajstić information content (AvgIpc) is 2.79. The molecule has 5 heteroatoms. The second kappa shape index (κ2) is 5.85. The maximum Gasteiger partial charge on any atom is 0.147 e. The highest BCUT2D eigenvalue weighted by molar-refractivity contribution is 4.74. The molecule has 2 rings (SSSR count). The molecule has 0 amide bonds. The van der Waals surface area contributed by atoms with Crippen molar-refractivity contribution in [2.45, 2.75) is 19.1 Å². The summed E-state index contributed by atoms with van der Waals surface area (Å²) in [5.41, 5.74) is 0. The Kier molecular flexibility index (Phi) is 4.13. The molecule has 1 aromatic heterocycles. The lowest BCUT2D eigenvalue weighted by Gasteiger charge is -2.22. The molecule has 0 aromatic carbocycles. The number of aromatic nitrogens is 2. The molecule has 0 radical (unpaired) electrons. The van der Waals surface area contributed by atoms with Gasteiger partial charge in [-0.05, 0) is 6.42 Å². The van der Waals surface area contributed by atoms with Crippen LogP contribution in [0.3, 0.4) is 0 Å². The predicted molar refractivity (Wildman–Crippen MR) is 55.4 cm³/mol. The Morgan fingerprint density at radius 3 is 3.27 bits per heavy atom. The summed E-state index contributed by atoms with van der Waals surface area (Å²) in [4.78, 5) is 3.98. The van der Waals surface area contributed by atoms with E-state index in [0.717, 1.165) is 32.7 Å². The zero-order valence-electron chi connectivity index (χ0n) is 8.76. The molecule has 84 valence electrons. The highest BCUT2D eigenvalue weighted by atomic mass is 16.7. The lowest BCUT2D eigenvalue weighted by atomic mass is 10.2. The normalized spacial score (nSPS) is 21.7. The Labute approximate surface area is 89.4 Å². The van der Waals surface area contributed by atoms with Crippen molar-refractivity contribution in [1.82, 2.24) is 14.9 Å². The fourth-order valence-electron chi connectivity index (χ4n) is 1.55. The van der Waals surface area contributed by atoms with Crippen LogP contribution in [0.5, 0.6) is 0 Å². The number of hydrogen-bond acceptors (Lipinski definition) is 4. The van der Waals surface area contributed by atoms with E-state index < -0.39 is 0 Å². The van der Waals surface area contributed by atoms with Crippen LogP contribution < -0.4 is 5.32 Å². The van der Waals surface area contributed by atoms with E-state index in [-0.39, 0.29) is 0 Å². The highest BCUT2D eigenvalue weighted by Gasteiger charge is 2.12. The molecule has 1 aliphatic heterocycles. The van der Waals surface area contributed by atoms with Crippen LogP contribution in [0.1, 0.15) is 6.42 Å². The van der Waals surface area contributed by atoms with Gasteiger partial charge in [0.2, 0.25) is 0 Å². The van der Waals surface area contributed by atoms with Crippen molar-refractivity contribution >= 4 is 0 Å². The molecule has 1 unspecified atom stereocenters. The number of hydrogen-bond donors (Lipinski definition) is 1. The van der Waals surface area contributed by atoms with Crippen LogP contribution in [0.4, 0.5) is 0 Å². The Balaban J connectivity index is 1.54. The van der Waals surface area contributed by atoms with E-state index >= 15 is 0 Å². The second-order valence-corrected chi connectivity index (χ2v) is 3.61. The minimum absolute atomic E-state index is 0.307. The molecule has 1 fully saturated rings. The number of ether oxygens (including phenoxy) is 2. The molecule has 1 aromatic rings. The van der Waals surface area contributed by atoms with Crippen LogP contribution >= 0.6 is 0 Å². The predicted octanol–water partition coefficient (Wildman–Crippen LogP) is 0.236. The highest BCUT2D eigenvalue weighted by Crippen LogP contribution is 2.04. The smallest absolute Gasteiger partial charge is 0.147 e. The first-order valence-corrected chi connectivity index (χ1v) is 5.31. The quantitative estimate of drug-likeness (QED) is 0.709. The summed E-state index contributed by atoms with van der Waals surface area (Å²) in [6.07, 6.45) is 6.88. The summed E-state index contributed by atoms with van der Waals surface area (Å²) in [5.74, 6) is 0. The Morgan fingerprint density at radius 1 is 1.53 bits per heavy atom. The molecule has 0 saturated carbocycles. The minimum Gasteiger partial charge on any atom is -0.355 e. The number of nitrogens with one attached hydrogen (secondary N) is 1. The van der Waals surface area contributed by atoms with E-state index in [1.165, 1.54) is 0 Å². The van der Waals surface area contributed by atoms with Crippen molar-refractivity contribution in [3.8, 4) is 0 Å². The molecule has 0 aliphatic carbocycles. The van der Waals surface area contributed by atoms with Crippen molar-refractivity contribution < 1.29 is 9.47 Å². The molecule has 2 heterocycles. The minimum atomic E-state index is 0.307. The van der Waals surface area contributed by atoms with Crippen molar-refractivity contribution in [2.24, 2.45) is 0 Å². The van der Waals surface area contributed by atoms with Gasteiger partial charge in [-0.3, -0.25) is 0 Å². The molecule has 1 saturated heterocycles. The van der Waals surface area contributed by atoms with Gasteiger partial charge in [0.1, 0.15) is 6.79 Å². The third-order valence-corrected chi connectivity index (χ3v) is 2.45. The molecule has 1 N–H and O–H groups in total. The average molecular weight is 211 g/mol. The van der Waals surface area contributed by atoms with Gasteiger partial charge in [0.05, 0.1) is 19.0 Å². The second-order valence-electron chi connectivity index (χ2n) is 3.61. The fraction of sp³-hybridized carbons (Fsp3) is 0.700. The topological polar surface area (TPSA) is 48.3 Å². The lowest BCUT2D eigenvalue weighted by Crippen LogP contribution is -2.35. The van der Waals surface area contributed by atoms with Gasteiger partial charge >= 0.3 is 0 Å². The molecule has 15 heavy (non-hydrogen) atoms. The first-order valence-electron chi connectivity index (χ1n) is 5.31. The molecule has 1 aliphatic rings. The fourth-order valence-corrected chi connectivity index (χ4v) is 1.55. The molecule has 0 spiro atoms. The largest absolute Gasteiger partial charge is 0.355 e. The summed E-state index contributed by atoms with van der Waals surface area (Å²) in [5, 5.41) is 3.36. The molecule has 0 bridgehead atoms. The maximum absolute atomic E-state index is 5.41. The molecule has 5 nitrogen and oxygen atoms in total. The SMILES string of the molecule is c1cn(CCNCC2CCOCO2)cn1. The summed E-state index contributed by atoms with van der Waals surface area (Å²) < 4.78 is 12.6. The number of imidazole rings is 1. The number of nitrogens with zero attached hydrogens (tertiary/aromatic N) is 2. The monoisotopic (exact) mass is 211 g/mol. The third-order valence-electron chi connectivity index (χ3n) is 2.45. The summed E-state index contributed by atoms with van der Waals surface area (Å²) in [6, 6.07) is 0. The van der Waals surface area contributed by atoms with Gasteiger partial charge in [0.15, 0.2) is 0 Å². The van der Waals surface area contributed by atoms with E-state index in [4.69, 9.17) is 9.47 Å². The third kappa shape index (κ3) is 3.62. The number of rotatable bonds is 5. The van der Waals surface area contributed by atoms with Gasteiger partial charge in [0.25, 0.3) is 0 Å². The Bertz CT molecular complexity index is 258. The van der Waals surface area contributed by atoms with Crippen molar-refractivity contribution in [3.05, 3.63) is 18.7 Å². The van der Waals surface area contributed by atoms with Gasteiger partial charge in [-0.25, -0.2) is 4.98 Å². The molecule has 1 atom stereocenters. The van der Waals surface area contributed by atoms with Gasteiger partial charge in [-0.15, -0.1) is 0 Å². The Hall–Kier alpha value is -0.910.